The number of alkyl halides is 3. The quantitative estimate of drug-likeness (QED) is 0.773. The minimum Gasteiger partial charge on any atom is -0.383 e. The lowest BCUT2D eigenvalue weighted by molar-refractivity contribution is -0.137. The van der Waals surface area contributed by atoms with Crippen LogP contribution >= 0.6 is 0 Å². The number of halogens is 3. The highest BCUT2D eigenvalue weighted by Crippen LogP contribution is 2.40. The largest absolute Gasteiger partial charge is 0.418 e. The van der Waals surface area contributed by atoms with Gasteiger partial charge in [-0.15, -0.1) is 0 Å². The van der Waals surface area contributed by atoms with Crippen LogP contribution < -0.4 is 11.4 Å². The number of hydrogen-bond donors (Lipinski definition) is 1. The highest BCUT2D eigenvalue weighted by atomic mass is 19.4. The van der Waals surface area contributed by atoms with Crippen molar-refractivity contribution in [2.24, 2.45) is 0 Å². The van der Waals surface area contributed by atoms with E-state index in [-0.39, 0.29) is 23.1 Å². The third kappa shape index (κ3) is 2.63. The molecular weight excluding hydrogens is 333 g/mol. The Morgan fingerprint density at radius 2 is 1.80 bits per heavy atom. The maximum absolute atomic E-state index is 13.4. The fourth-order valence-electron chi connectivity index (χ4n) is 2.87. The average Bonchev–Trinajstić information content (AvgIpc) is 3.39. The molecule has 1 fully saturated rings. The molecule has 0 atom stereocenters. The van der Waals surface area contributed by atoms with E-state index in [0.29, 0.717) is 5.39 Å². The van der Waals surface area contributed by atoms with E-state index in [0.717, 1.165) is 29.2 Å². The number of nitrogen functional groups attached to an aromatic ring is 1. The van der Waals surface area contributed by atoms with Gasteiger partial charge in [0.25, 0.3) is 0 Å². The molecule has 0 aliphatic heterocycles. The van der Waals surface area contributed by atoms with Crippen LogP contribution in [0, 0.1) is 0 Å². The van der Waals surface area contributed by atoms with E-state index in [4.69, 9.17) is 5.73 Å². The molecule has 1 aliphatic rings. The maximum atomic E-state index is 13.4. The highest BCUT2D eigenvalue weighted by Gasteiger charge is 2.34. The lowest BCUT2D eigenvalue weighted by atomic mass is 10.1. The topological polar surface area (TPSA) is 73.8 Å². The van der Waals surface area contributed by atoms with Crippen LogP contribution in [0.4, 0.5) is 19.0 Å². The zero-order chi connectivity index (χ0) is 17.8. The summed E-state index contributed by atoms with van der Waals surface area (Å²) < 4.78 is 41.0. The molecule has 5 nitrogen and oxygen atoms in total. The monoisotopic (exact) mass is 346 g/mol. The number of pyridine rings is 1. The summed E-state index contributed by atoms with van der Waals surface area (Å²) in [6, 6.07) is 8.30. The van der Waals surface area contributed by atoms with E-state index in [1.165, 1.54) is 18.2 Å². The Morgan fingerprint density at radius 1 is 1.08 bits per heavy atom. The molecule has 0 amide bonds. The first-order valence-corrected chi connectivity index (χ1v) is 7.72. The molecule has 0 spiro atoms. The molecule has 4 rings (SSSR count). The highest BCUT2D eigenvalue weighted by molar-refractivity contribution is 5.86. The summed E-state index contributed by atoms with van der Waals surface area (Å²) >= 11 is 0. The normalized spacial score (nSPS) is 14.8. The zero-order valence-corrected chi connectivity index (χ0v) is 12.9. The Bertz CT molecular complexity index is 1040. The summed E-state index contributed by atoms with van der Waals surface area (Å²) in [5.74, 6) is 0.232. The molecule has 1 aromatic carbocycles. The van der Waals surface area contributed by atoms with Crippen molar-refractivity contribution in [1.82, 2.24) is 14.5 Å². The van der Waals surface area contributed by atoms with E-state index in [9.17, 15) is 18.0 Å². The van der Waals surface area contributed by atoms with Crippen LogP contribution in [0.1, 0.15) is 30.0 Å². The molecule has 3 aromatic rings. The van der Waals surface area contributed by atoms with Gasteiger partial charge in [0.05, 0.1) is 16.6 Å². The third-order valence-corrected chi connectivity index (χ3v) is 4.24. The van der Waals surface area contributed by atoms with Crippen molar-refractivity contribution in [3.8, 4) is 5.69 Å². The molecule has 0 unspecified atom stereocenters. The number of anilines is 1. The summed E-state index contributed by atoms with van der Waals surface area (Å²) in [6.45, 7) is 0. The number of hydrogen-bond acceptors (Lipinski definition) is 4. The molecule has 2 aromatic heterocycles. The van der Waals surface area contributed by atoms with E-state index in [2.05, 4.69) is 9.97 Å². The first-order chi connectivity index (χ1) is 11.9. The fraction of sp³-hybridized carbons (Fsp3) is 0.235. The number of aromatic nitrogens is 3. The van der Waals surface area contributed by atoms with Gasteiger partial charge in [0.15, 0.2) is 5.65 Å². The molecule has 0 radical (unpaired) electrons. The number of nitrogens with zero attached hydrogens (tertiary/aromatic N) is 3. The van der Waals surface area contributed by atoms with Crippen molar-refractivity contribution in [3.05, 3.63) is 58.1 Å². The van der Waals surface area contributed by atoms with Crippen molar-refractivity contribution in [1.29, 1.82) is 0 Å². The van der Waals surface area contributed by atoms with Crippen molar-refractivity contribution in [2.45, 2.75) is 24.9 Å². The van der Waals surface area contributed by atoms with Crippen LogP contribution in [0.15, 0.2) is 41.2 Å². The number of fused-ring (bicyclic) bond motifs is 1. The summed E-state index contributed by atoms with van der Waals surface area (Å²) in [7, 11) is 0. The molecule has 128 valence electrons. The van der Waals surface area contributed by atoms with Crippen LogP contribution in [0.5, 0.6) is 0 Å². The lowest BCUT2D eigenvalue weighted by Crippen LogP contribution is -2.26. The Labute approximate surface area is 139 Å². The van der Waals surface area contributed by atoms with Crippen LogP contribution in [0.3, 0.4) is 0 Å². The zero-order valence-electron chi connectivity index (χ0n) is 12.9. The summed E-state index contributed by atoms with van der Waals surface area (Å²) in [5.41, 5.74) is 4.50. The van der Waals surface area contributed by atoms with Crippen molar-refractivity contribution in [3.63, 3.8) is 0 Å². The van der Waals surface area contributed by atoms with Gasteiger partial charge in [-0.05, 0) is 37.1 Å². The molecule has 1 aliphatic carbocycles. The van der Waals surface area contributed by atoms with Crippen LogP contribution in [0.2, 0.25) is 0 Å². The van der Waals surface area contributed by atoms with E-state index in [1.54, 1.807) is 12.1 Å². The van der Waals surface area contributed by atoms with E-state index >= 15 is 0 Å². The summed E-state index contributed by atoms with van der Waals surface area (Å²) in [6.07, 6.45) is -2.66. The first kappa shape index (κ1) is 15.6. The number of rotatable bonds is 2. The van der Waals surface area contributed by atoms with Crippen LogP contribution in [-0.2, 0) is 6.18 Å². The Hall–Kier alpha value is -2.90. The molecule has 25 heavy (non-hydrogen) atoms. The third-order valence-electron chi connectivity index (χ3n) is 4.24. The Morgan fingerprint density at radius 3 is 2.48 bits per heavy atom. The predicted molar refractivity (Wildman–Crippen MR) is 86.5 cm³/mol. The lowest BCUT2D eigenvalue weighted by Gasteiger charge is -2.16. The Balaban J connectivity index is 2.08. The van der Waals surface area contributed by atoms with Gasteiger partial charge >= 0.3 is 11.9 Å². The summed E-state index contributed by atoms with van der Waals surface area (Å²) in [4.78, 5) is 20.5. The van der Waals surface area contributed by atoms with Gasteiger partial charge in [-0.1, -0.05) is 12.1 Å². The van der Waals surface area contributed by atoms with Gasteiger partial charge in [-0.3, -0.25) is 0 Å². The van der Waals surface area contributed by atoms with Gasteiger partial charge in [-0.25, -0.2) is 14.3 Å². The van der Waals surface area contributed by atoms with Gasteiger partial charge in [0, 0.05) is 11.6 Å². The van der Waals surface area contributed by atoms with Gasteiger partial charge < -0.3 is 5.73 Å². The van der Waals surface area contributed by atoms with Crippen LogP contribution in [-0.4, -0.2) is 14.5 Å². The SMILES string of the molecule is Nc1nc(=O)n(-c2ccccc2C(F)(F)F)c2nc(C3CC3)ccc12. The number of benzene rings is 1. The second-order valence-corrected chi connectivity index (χ2v) is 6.01. The van der Waals surface area contributed by atoms with E-state index in [1.807, 2.05) is 0 Å². The number of nitrogens with two attached hydrogens (primary N) is 1. The molecule has 2 N–H and O–H groups in total. The van der Waals surface area contributed by atoms with E-state index < -0.39 is 17.4 Å². The maximum Gasteiger partial charge on any atom is 0.418 e. The second-order valence-electron chi connectivity index (χ2n) is 6.01. The standard InChI is InChI=1S/C17H13F3N4O/c18-17(19,20)11-3-1-2-4-13(11)24-15-10(14(21)23-16(24)25)7-8-12(22-15)9-5-6-9/h1-4,7-9H,5-6H2,(H2,21,23,25). The number of para-hydroxylation sites is 1. The first-order valence-electron chi connectivity index (χ1n) is 7.72. The van der Waals surface area contributed by atoms with Crippen LogP contribution in [0.25, 0.3) is 16.7 Å². The fourth-order valence-corrected chi connectivity index (χ4v) is 2.87. The minimum atomic E-state index is -4.61. The molecule has 0 saturated heterocycles. The van der Waals surface area contributed by atoms with Crippen molar-refractivity contribution >= 4 is 16.9 Å². The summed E-state index contributed by atoms with van der Waals surface area (Å²) in [5, 5.41) is 0.348. The smallest absolute Gasteiger partial charge is 0.383 e. The minimum absolute atomic E-state index is 0.0458. The molecule has 1 saturated carbocycles. The molecule has 2 heterocycles. The predicted octanol–water partition coefficient (Wildman–Crippen LogP) is 3.26. The molecular formula is C17H13F3N4O. The molecule has 0 bridgehead atoms. The van der Waals surface area contributed by atoms with Gasteiger partial charge in [0.2, 0.25) is 0 Å². The second kappa shape index (κ2) is 5.30. The average molecular weight is 346 g/mol. The van der Waals surface area contributed by atoms with Gasteiger partial charge in [0.1, 0.15) is 5.82 Å². The van der Waals surface area contributed by atoms with Crippen molar-refractivity contribution in [2.75, 3.05) is 5.73 Å². The van der Waals surface area contributed by atoms with Gasteiger partial charge in [-0.2, -0.15) is 18.2 Å². The Kier molecular flexibility index (Phi) is 3.31. The molecule has 8 heteroatoms. The van der Waals surface area contributed by atoms with Crippen molar-refractivity contribution < 1.29 is 13.2 Å².